The number of anilines is 1. The minimum Gasteiger partial charge on any atom is -0.388 e. The fourth-order valence-corrected chi connectivity index (χ4v) is 2.05. The maximum atomic E-state index is 9.66. The molecule has 1 aromatic carbocycles. The van der Waals surface area contributed by atoms with Gasteiger partial charge in [0.1, 0.15) is 0 Å². The molecule has 4 heteroatoms. The van der Waals surface area contributed by atoms with Crippen molar-refractivity contribution in [2.24, 2.45) is 0 Å². The molecule has 0 aromatic heterocycles. The summed E-state index contributed by atoms with van der Waals surface area (Å²) in [4.78, 5) is 0. The van der Waals surface area contributed by atoms with Crippen molar-refractivity contribution in [2.75, 3.05) is 18.5 Å². The highest BCUT2D eigenvalue weighted by Crippen LogP contribution is 2.28. The van der Waals surface area contributed by atoms with Crippen LogP contribution in [0.25, 0.3) is 0 Å². The molecule has 2 rings (SSSR count). The van der Waals surface area contributed by atoms with Crippen LogP contribution in [-0.4, -0.2) is 30.5 Å². The predicted molar refractivity (Wildman–Crippen MR) is 68.4 cm³/mol. The molecule has 2 atom stereocenters. The summed E-state index contributed by atoms with van der Waals surface area (Å²) >= 11 is 6.14. The fourth-order valence-electron chi connectivity index (χ4n) is 1.83. The predicted octanol–water partition coefficient (Wildman–Crippen LogP) is 1.80. The van der Waals surface area contributed by atoms with Crippen LogP contribution in [0.1, 0.15) is 11.1 Å². The molecule has 0 aliphatic carbocycles. The van der Waals surface area contributed by atoms with Crippen LogP contribution in [0.4, 0.5) is 5.69 Å². The second kappa shape index (κ2) is 4.97. The number of aliphatic hydroxyl groups excluding tert-OH is 1. The zero-order chi connectivity index (χ0) is 12.4. The van der Waals surface area contributed by atoms with E-state index in [1.54, 1.807) is 6.07 Å². The summed E-state index contributed by atoms with van der Waals surface area (Å²) in [6, 6.07) is 3.57. The maximum absolute atomic E-state index is 9.66. The van der Waals surface area contributed by atoms with Gasteiger partial charge in [-0.25, -0.2) is 0 Å². The monoisotopic (exact) mass is 251 g/mol. The van der Waals surface area contributed by atoms with Crippen LogP contribution in [0, 0.1) is 19.3 Å². The molecule has 1 heterocycles. The van der Waals surface area contributed by atoms with E-state index in [9.17, 15) is 5.11 Å². The minimum absolute atomic E-state index is 0.0959. The van der Waals surface area contributed by atoms with Crippen LogP contribution < -0.4 is 5.32 Å². The molecular weight excluding hydrogens is 238 g/mol. The highest BCUT2D eigenvalue weighted by molar-refractivity contribution is 6.32. The third-order valence-electron chi connectivity index (χ3n) is 2.93. The number of benzene rings is 1. The molecule has 1 aliphatic heterocycles. The number of hydrogen-bond acceptors (Lipinski definition) is 3. The Morgan fingerprint density at radius 1 is 1.53 bits per heavy atom. The van der Waals surface area contributed by atoms with Gasteiger partial charge < -0.3 is 15.2 Å². The Bertz CT molecular complexity index is 467. The first kappa shape index (κ1) is 12.3. The number of aliphatic hydroxyl groups is 1. The van der Waals surface area contributed by atoms with E-state index in [-0.39, 0.29) is 6.04 Å². The molecule has 2 N–H and O–H groups in total. The van der Waals surface area contributed by atoms with Crippen molar-refractivity contribution in [1.29, 1.82) is 0 Å². The van der Waals surface area contributed by atoms with Crippen molar-refractivity contribution >= 4 is 17.3 Å². The van der Waals surface area contributed by atoms with E-state index in [4.69, 9.17) is 22.8 Å². The van der Waals surface area contributed by atoms with Gasteiger partial charge in [-0.2, -0.15) is 0 Å². The molecule has 0 radical (unpaired) electrons. The third-order valence-corrected chi connectivity index (χ3v) is 3.42. The number of terminal acetylenes is 1. The van der Waals surface area contributed by atoms with Gasteiger partial charge in [0, 0.05) is 11.3 Å². The standard InChI is InChI=1S/C13H14ClNO2/c1-3-9-4-5-10(8(2)13(9)14)15-11-6-17-7-12(11)16/h1,4-5,11-12,15-16H,6-7H2,2H3. The number of halogens is 1. The Morgan fingerprint density at radius 2 is 2.29 bits per heavy atom. The van der Waals surface area contributed by atoms with Gasteiger partial charge in [0.25, 0.3) is 0 Å². The van der Waals surface area contributed by atoms with Crippen LogP contribution in [0.2, 0.25) is 5.02 Å². The topological polar surface area (TPSA) is 41.5 Å². The smallest absolute Gasteiger partial charge is 0.0996 e. The van der Waals surface area contributed by atoms with Crippen LogP contribution in [0.3, 0.4) is 0 Å². The van der Waals surface area contributed by atoms with Gasteiger partial charge in [-0.3, -0.25) is 0 Å². The van der Waals surface area contributed by atoms with Crippen LogP contribution >= 0.6 is 11.6 Å². The first-order valence-corrected chi connectivity index (χ1v) is 5.79. The van der Waals surface area contributed by atoms with E-state index in [1.165, 1.54) is 0 Å². The Kier molecular flexibility index (Phi) is 3.58. The summed E-state index contributed by atoms with van der Waals surface area (Å²) in [5.74, 6) is 2.53. The molecule has 1 fully saturated rings. The SMILES string of the molecule is C#Cc1ccc(NC2COCC2O)c(C)c1Cl. The fraction of sp³-hybridized carbons (Fsp3) is 0.385. The van der Waals surface area contributed by atoms with E-state index in [0.29, 0.717) is 23.8 Å². The van der Waals surface area contributed by atoms with Gasteiger partial charge in [0.05, 0.1) is 30.4 Å². The molecule has 1 saturated heterocycles. The Balaban J connectivity index is 2.22. The molecule has 90 valence electrons. The van der Waals surface area contributed by atoms with Gasteiger partial charge in [0.15, 0.2) is 0 Å². The highest BCUT2D eigenvalue weighted by Gasteiger charge is 2.26. The van der Waals surface area contributed by atoms with Gasteiger partial charge >= 0.3 is 0 Å². The van der Waals surface area contributed by atoms with Crippen LogP contribution in [0.15, 0.2) is 12.1 Å². The minimum atomic E-state index is -0.486. The normalized spacial score (nSPS) is 23.4. The molecular formula is C13H14ClNO2. The molecule has 2 unspecified atom stereocenters. The summed E-state index contributed by atoms with van der Waals surface area (Å²) in [5, 5.41) is 13.5. The van der Waals surface area contributed by atoms with Gasteiger partial charge in [-0.15, -0.1) is 6.42 Å². The maximum Gasteiger partial charge on any atom is 0.0996 e. The molecule has 17 heavy (non-hydrogen) atoms. The summed E-state index contributed by atoms with van der Waals surface area (Å²) in [6.45, 7) is 2.76. The van der Waals surface area contributed by atoms with Crippen molar-refractivity contribution in [3.8, 4) is 12.3 Å². The summed E-state index contributed by atoms with van der Waals surface area (Å²) in [7, 11) is 0. The average molecular weight is 252 g/mol. The lowest BCUT2D eigenvalue weighted by atomic mass is 10.1. The quantitative estimate of drug-likeness (QED) is 0.788. The van der Waals surface area contributed by atoms with Crippen molar-refractivity contribution in [1.82, 2.24) is 0 Å². The second-order valence-corrected chi connectivity index (χ2v) is 4.48. The van der Waals surface area contributed by atoms with E-state index in [0.717, 1.165) is 11.3 Å². The molecule has 0 saturated carbocycles. The molecule has 0 bridgehead atoms. The van der Waals surface area contributed by atoms with Crippen molar-refractivity contribution in [3.05, 3.63) is 28.3 Å². The third kappa shape index (κ3) is 2.39. The number of rotatable bonds is 2. The van der Waals surface area contributed by atoms with Gasteiger partial charge in [-0.05, 0) is 24.6 Å². The average Bonchev–Trinajstić information content (AvgIpc) is 2.71. The Hall–Kier alpha value is -1.21. The molecule has 1 aliphatic rings. The highest BCUT2D eigenvalue weighted by atomic mass is 35.5. The Morgan fingerprint density at radius 3 is 2.88 bits per heavy atom. The summed E-state index contributed by atoms with van der Waals surface area (Å²) in [6.07, 6.45) is 4.85. The number of nitrogens with one attached hydrogen (secondary N) is 1. The Labute approximate surface area is 106 Å². The first-order valence-electron chi connectivity index (χ1n) is 5.41. The lowest BCUT2D eigenvalue weighted by Crippen LogP contribution is -2.32. The zero-order valence-electron chi connectivity index (χ0n) is 9.53. The summed E-state index contributed by atoms with van der Waals surface area (Å²) < 4.78 is 5.18. The number of hydrogen-bond donors (Lipinski definition) is 2. The lowest BCUT2D eigenvalue weighted by Gasteiger charge is -2.18. The first-order chi connectivity index (χ1) is 8.13. The molecule has 0 amide bonds. The van der Waals surface area contributed by atoms with Gasteiger partial charge in [0.2, 0.25) is 0 Å². The largest absolute Gasteiger partial charge is 0.388 e. The van der Waals surface area contributed by atoms with Crippen molar-refractivity contribution in [2.45, 2.75) is 19.1 Å². The van der Waals surface area contributed by atoms with Crippen molar-refractivity contribution in [3.63, 3.8) is 0 Å². The van der Waals surface area contributed by atoms with Gasteiger partial charge in [-0.1, -0.05) is 17.5 Å². The van der Waals surface area contributed by atoms with Crippen molar-refractivity contribution < 1.29 is 9.84 Å². The van der Waals surface area contributed by atoms with Crippen LogP contribution in [0.5, 0.6) is 0 Å². The molecule has 0 spiro atoms. The summed E-state index contributed by atoms with van der Waals surface area (Å²) in [5.41, 5.74) is 2.45. The van der Waals surface area contributed by atoms with E-state index >= 15 is 0 Å². The van der Waals surface area contributed by atoms with E-state index in [1.807, 2.05) is 13.0 Å². The lowest BCUT2D eigenvalue weighted by molar-refractivity contribution is 0.125. The van der Waals surface area contributed by atoms with Crippen LogP contribution in [-0.2, 0) is 4.74 Å². The second-order valence-electron chi connectivity index (χ2n) is 4.10. The number of ether oxygens (including phenoxy) is 1. The molecule has 1 aromatic rings. The van der Waals surface area contributed by atoms with E-state index < -0.39 is 6.10 Å². The molecule has 3 nitrogen and oxygen atoms in total. The zero-order valence-corrected chi connectivity index (χ0v) is 10.3. The van der Waals surface area contributed by atoms with E-state index in [2.05, 4.69) is 11.2 Å².